The molecule has 0 aromatic heterocycles. The molecule has 6 nitrogen and oxygen atoms in total. The first-order valence-electron chi connectivity index (χ1n) is 7.52. The molecule has 0 fully saturated rings. The van der Waals surface area contributed by atoms with Crippen molar-refractivity contribution in [3.8, 4) is 0 Å². The van der Waals surface area contributed by atoms with Crippen LogP contribution in [0, 0.1) is 20.8 Å². The first-order valence-corrected chi connectivity index (χ1v) is 9.75. The van der Waals surface area contributed by atoms with E-state index in [1.54, 1.807) is 12.1 Å². The van der Waals surface area contributed by atoms with Crippen molar-refractivity contribution >= 4 is 37.5 Å². The highest BCUT2D eigenvalue weighted by Gasteiger charge is 2.29. The van der Waals surface area contributed by atoms with E-state index in [1.807, 2.05) is 38.3 Å². The zero-order valence-electron chi connectivity index (χ0n) is 14.2. The van der Waals surface area contributed by atoms with E-state index >= 15 is 0 Å². The molecule has 0 aliphatic heterocycles. The van der Waals surface area contributed by atoms with E-state index in [-0.39, 0.29) is 4.90 Å². The number of anilines is 1. The lowest BCUT2D eigenvalue weighted by atomic mass is 10.1. The van der Waals surface area contributed by atoms with Crippen LogP contribution in [-0.4, -0.2) is 20.9 Å². The lowest BCUT2D eigenvalue weighted by Crippen LogP contribution is -2.43. The Labute approximate surface area is 156 Å². The number of rotatable bonds is 5. The number of aryl methyl sites for hydroxylation is 3. The summed E-state index contributed by atoms with van der Waals surface area (Å²) in [5.74, 6) is 4.58. The first-order chi connectivity index (χ1) is 11.7. The van der Waals surface area contributed by atoms with Gasteiger partial charge >= 0.3 is 0 Å². The van der Waals surface area contributed by atoms with Crippen molar-refractivity contribution in [1.29, 1.82) is 0 Å². The summed E-state index contributed by atoms with van der Waals surface area (Å²) in [6, 6.07) is 10.0. The van der Waals surface area contributed by atoms with Gasteiger partial charge in [0.15, 0.2) is 0 Å². The van der Waals surface area contributed by atoms with E-state index in [0.717, 1.165) is 25.5 Å². The van der Waals surface area contributed by atoms with Gasteiger partial charge in [0.1, 0.15) is 6.54 Å². The quantitative estimate of drug-likeness (QED) is 0.437. The number of halogens is 1. The molecule has 0 aliphatic carbocycles. The molecule has 1 amide bonds. The molecular formula is C17H20BrN3O3S. The summed E-state index contributed by atoms with van der Waals surface area (Å²) in [6.45, 7) is 5.17. The van der Waals surface area contributed by atoms with Gasteiger partial charge in [-0.2, -0.15) is 0 Å². The number of carbonyl (C=O) groups excluding carboxylic acids is 1. The van der Waals surface area contributed by atoms with E-state index in [1.165, 1.54) is 12.1 Å². The number of hydrogen-bond acceptors (Lipinski definition) is 4. The Hall–Kier alpha value is -1.90. The minimum absolute atomic E-state index is 0.0971. The van der Waals surface area contributed by atoms with Crippen LogP contribution >= 0.6 is 15.9 Å². The molecule has 0 bridgehead atoms. The van der Waals surface area contributed by atoms with Gasteiger partial charge in [-0.25, -0.2) is 14.3 Å². The number of nitrogens with zero attached hydrogens (tertiary/aromatic N) is 1. The number of sulfonamides is 1. The average molecular weight is 426 g/mol. The Morgan fingerprint density at radius 1 is 1.12 bits per heavy atom. The summed E-state index contributed by atoms with van der Waals surface area (Å²) in [7, 11) is -3.94. The molecular weight excluding hydrogens is 406 g/mol. The van der Waals surface area contributed by atoms with Crippen LogP contribution in [0.15, 0.2) is 45.8 Å². The van der Waals surface area contributed by atoms with Crippen molar-refractivity contribution < 1.29 is 13.2 Å². The average Bonchev–Trinajstić information content (AvgIpc) is 2.53. The van der Waals surface area contributed by atoms with Gasteiger partial charge in [-0.1, -0.05) is 33.6 Å². The summed E-state index contributed by atoms with van der Waals surface area (Å²) in [5.41, 5.74) is 5.03. The van der Waals surface area contributed by atoms with Crippen LogP contribution in [0.4, 0.5) is 5.69 Å². The third-order valence-electron chi connectivity index (χ3n) is 3.73. The fourth-order valence-corrected chi connectivity index (χ4v) is 4.57. The molecule has 0 unspecified atom stereocenters. The standard InChI is InChI=1S/C17H20BrN3O3S/c1-11-8-12(2)17(13(3)9-11)21(10-16(22)20-19)25(23,24)15-6-4-14(18)5-7-15/h4-9H,10,19H2,1-3H3,(H,20,22). The molecule has 0 aliphatic rings. The molecule has 0 saturated heterocycles. The van der Waals surface area contributed by atoms with Gasteiger partial charge in [0.25, 0.3) is 15.9 Å². The predicted octanol–water partition coefficient (Wildman–Crippen LogP) is 2.56. The third-order valence-corrected chi connectivity index (χ3v) is 6.02. The topological polar surface area (TPSA) is 92.5 Å². The molecule has 8 heteroatoms. The Bertz CT molecular complexity index is 873. The Balaban J connectivity index is 2.65. The number of carbonyl (C=O) groups is 1. The number of nitrogens with two attached hydrogens (primary N) is 1. The molecule has 0 atom stereocenters. The van der Waals surface area contributed by atoms with Gasteiger partial charge in [0.2, 0.25) is 0 Å². The van der Waals surface area contributed by atoms with E-state index in [4.69, 9.17) is 5.84 Å². The molecule has 134 valence electrons. The van der Waals surface area contributed by atoms with Gasteiger partial charge in [-0.3, -0.25) is 14.5 Å². The zero-order valence-corrected chi connectivity index (χ0v) is 16.6. The van der Waals surface area contributed by atoms with Crippen molar-refractivity contribution in [3.05, 3.63) is 57.6 Å². The second-order valence-corrected chi connectivity index (χ2v) is 8.56. The fourth-order valence-electron chi connectivity index (χ4n) is 2.76. The second kappa shape index (κ2) is 7.55. The molecule has 3 N–H and O–H groups in total. The van der Waals surface area contributed by atoms with Crippen molar-refractivity contribution in [2.75, 3.05) is 10.8 Å². The third kappa shape index (κ3) is 4.20. The smallest absolute Gasteiger partial charge is 0.264 e. The van der Waals surface area contributed by atoms with Gasteiger partial charge in [-0.05, 0) is 56.2 Å². The highest BCUT2D eigenvalue weighted by Crippen LogP contribution is 2.31. The van der Waals surface area contributed by atoms with Crippen molar-refractivity contribution in [3.63, 3.8) is 0 Å². The maximum absolute atomic E-state index is 13.2. The van der Waals surface area contributed by atoms with Crippen molar-refractivity contribution in [1.82, 2.24) is 5.43 Å². The second-order valence-electron chi connectivity index (χ2n) is 5.78. The van der Waals surface area contributed by atoms with Crippen molar-refractivity contribution in [2.24, 2.45) is 5.84 Å². The summed E-state index contributed by atoms with van der Waals surface area (Å²) in [6.07, 6.45) is 0. The molecule has 2 aromatic rings. The Morgan fingerprint density at radius 2 is 1.64 bits per heavy atom. The van der Waals surface area contributed by atoms with E-state index < -0.39 is 22.5 Å². The maximum atomic E-state index is 13.2. The first kappa shape index (κ1) is 19.4. The predicted molar refractivity (Wildman–Crippen MR) is 102 cm³/mol. The fraction of sp³-hybridized carbons (Fsp3) is 0.235. The highest BCUT2D eigenvalue weighted by molar-refractivity contribution is 9.10. The lowest BCUT2D eigenvalue weighted by Gasteiger charge is -2.27. The monoisotopic (exact) mass is 425 g/mol. The van der Waals surface area contributed by atoms with Crippen LogP contribution in [0.2, 0.25) is 0 Å². The van der Waals surface area contributed by atoms with E-state index in [2.05, 4.69) is 15.9 Å². The largest absolute Gasteiger partial charge is 0.293 e. The SMILES string of the molecule is Cc1cc(C)c(N(CC(=O)NN)S(=O)(=O)c2ccc(Br)cc2)c(C)c1. The zero-order chi connectivity index (χ0) is 18.8. The van der Waals surface area contributed by atoms with Gasteiger partial charge in [-0.15, -0.1) is 0 Å². The van der Waals surface area contributed by atoms with E-state index in [9.17, 15) is 13.2 Å². The van der Waals surface area contributed by atoms with Gasteiger partial charge in [0, 0.05) is 4.47 Å². The molecule has 0 heterocycles. The molecule has 2 aromatic carbocycles. The van der Waals surface area contributed by atoms with Crippen LogP contribution in [0.1, 0.15) is 16.7 Å². The van der Waals surface area contributed by atoms with Crippen LogP contribution in [0.25, 0.3) is 0 Å². The maximum Gasteiger partial charge on any atom is 0.264 e. The summed E-state index contributed by atoms with van der Waals surface area (Å²) in [5, 5.41) is 0. The normalized spacial score (nSPS) is 11.2. The highest BCUT2D eigenvalue weighted by atomic mass is 79.9. The molecule has 0 saturated carbocycles. The number of nitrogens with one attached hydrogen (secondary N) is 1. The van der Waals surface area contributed by atoms with Crippen LogP contribution in [0.5, 0.6) is 0 Å². The molecule has 2 rings (SSSR count). The van der Waals surface area contributed by atoms with Gasteiger partial charge in [0.05, 0.1) is 10.6 Å². The summed E-state index contributed by atoms with van der Waals surface area (Å²) < 4.78 is 28.2. The lowest BCUT2D eigenvalue weighted by molar-refractivity contribution is -0.119. The number of benzene rings is 2. The minimum Gasteiger partial charge on any atom is -0.293 e. The van der Waals surface area contributed by atoms with Crippen LogP contribution in [-0.2, 0) is 14.8 Å². The molecule has 0 radical (unpaired) electrons. The van der Waals surface area contributed by atoms with Crippen molar-refractivity contribution in [2.45, 2.75) is 25.7 Å². The number of hydrogen-bond donors (Lipinski definition) is 2. The number of amides is 1. The van der Waals surface area contributed by atoms with Gasteiger partial charge < -0.3 is 0 Å². The summed E-state index contributed by atoms with van der Waals surface area (Å²) in [4.78, 5) is 12.0. The van der Waals surface area contributed by atoms with Crippen LogP contribution < -0.4 is 15.6 Å². The Morgan fingerprint density at radius 3 is 2.12 bits per heavy atom. The molecule has 25 heavy (non-hydrogen) atoms. The molecule has 0 spiro atoms. The van der Waals surface area contributed by atoms with E-state index in [0.29, 0.717) is 5.69 Å². The minimum atomic E-state index is -3.94. The van der Waals surface area contributed by atoms with Crippen LogP contribution in [0.3, 0.4) is 0 Å². The number of hydrazine groups is 1. The summed E-state index contributed by atoms with van der Waals surface area (Å²) >= 11 is 3.29. The Kier molecular flexibility index (Phi) is 5.87.